The predicted octanol–water partition coefficient (Wildman–Crippen LogP) is 0.132. The fourth-order valence-electron chi connectivity index (χ4n) is 1.68. The van der Waals surface area contributed by atoms with Gasteiger partial charge in [-0.25, -0.2) is 0 Å². The van der Waals surface area contributed by atoms with Crippen molar-refractivity contribution in [1.29, 1.82) is 0 Å². The van der Waals surface area contributed by atoms with Crippen molar-refractivity contribution in [2.75, 3.05) is 0 Å². The molecule has 3 heteroatoms. The maximum atomic E-state index is 11.0. The molecule has 3 nitrogen and oxygen atoms in total. The Morgan fingerprint density at radius 2 is 2.33 bits per heavy atom. The molecule has 68 valence electrons. The highest BCUT2D eigenvalue weighted by Gasteiger charge is 2.24. The monoisotopic (exact) mass is 169 g/mol. The summed E-state index contributed by atoms with van der Waals surface area (Å²) in [7, 11) is 0. The van der Waals surface area contributed by atoms with Crippen LogP contribution in [-0.2, 0) is 9.59 Å². The summed E-state index contributed by atoms with van der Waals surface area (Å²) in [5.41, 5.74) is 0. The van der Waals surface area contributed by atoms with Gasteiger partial charge in [-0.1, -0.05) is 6.92 Å². The molecule has 0 aromatic rings. The maximum Gasteiger partial charge on any atom is 0.133 e. The van der Waals surface area contributed by atoms with Gasteiger partial charge >= 0.3 is 0 Å². The first kappa shape index (κ1) is 9.23. The highest BCUT2D eigenvalue weighted by atomic mass is 16.4. The number of hydrogen-bond acceptors (Lipinski definition) is 3. The van der Waals surface area contributed by atoms with Crippen molar-refractivity contribution >= 4 is 11.8 Å². The fourth-order valence-corrected chi connectivity index (χ4v) is 1.68. The van der Waals surface area contributed by atoms with Gasteiger partial charge in [0.1, 0.15) is 5.78 Å². The van der Waals surface area contributed by atoms with Crippen molar-refractivity contribution in [2.24, 2.45) is 11.8 Å². The molecular formula is C9H13O3-. The van der Waals surface area contributed by atoms with Gasteiger partial charge in [0.15, 0.2) is 0 Å². The van der Waals surface area contributed by atoms with Gasteiger partial charge in [-0.15, -0.1) is 0 Å². The molecule has 12 heavy (non-hydrogen) atoms. The molecule has 0 radical (unpaired) electrons. The largest absolute Gasteiger partial charge is 0.550 e. The quantitative estimate of drug-likeness (QED) is 0.590. The fraction of sp³-hybridized carbons (Fsp3) is 0.778. The van der Waals surface area contributed by atoms with Crippen LogP contribution in [0.4, 0.5) is 0 Å². The number of carbonyl (C=O) groups excluding carboxylic acids is 2. The summed E-state index contributed by atoms with van der Waals surface area (Å²) in [4.78, 5) is 21.5. The number of carbonyl (C=O) groups is 2. The summed E-state index contributed by atoms with van der Waals surface area (Å²) in [6.45, 7) is 1.62. The van der Waals surface area contributed by atoms with Crippen LogP contribution in [0.2, 0.25) is 0 Å². The maximum absolute atomic E-state index is 11.0. The Balaban J connectivity index is 2.51. The minimum absolute atomic E-state index is 0.0104. The summed E-state index contributed by atoms with van der Waals surface area (Å²) in [6.07, 6.45) is 2.73. The lowest BCUT2D eigenvalue weighted by Crippen LogP contribution is -2.36. The topological polar surface area (TPSA) is 57.2 Å². The van der Waals surface area contributed by atoms with Crippen LogP contribution in [0.1, 0.15) is 32.6 Å². The van der Waals surface area contributed by atoms with E-state index >= 15 is 0 Å². The third-order valence-electron chi connectivity index (χ3n) is 2.60. The van der Waals surface area contributed by atoms with Gasteiger partial charge in [0, 0.05) is 18.8 Å². The van der Waals surface area contributed by atoms with E-state index < -0.39 is 11.9 Å². The number of ketones is 1. The summed E-state index contributed by atoms with van der Waals surface area (Å²) in [5, 5.41) is 10.5. The highest BCUT2D eigenvalue weighted by Crippen LogP contribution is 2.27. The molecule has 2 unspecified atom stereocenters. The van der Waals surface area contributed by atoms with E-state index in [1.54, 1.807) is 6.92 Å². The Morgan fingerprint density at radius 3 is 2.83 bits per heavy atom. The summed E-state index contributed by atoms with van der Waals surface area (Å²) in [5.74, 6) is -1.31. The molecule has 0 amide bonds. The van der Waals surface area contributed by atoms with Crippen molar-refractivity contribution in [2.45, 2.75) is 32.6 Å². The van der Waals surface area contributed by atoms with E-state index in [2.05, 4.69) is 0 Å². The van der Waals surface area contributed by atoms with E-state index in [4.69, 9.17) is 0 Å². The highest BCUT2D eigenvalue weighted by molar-refractivity contribution is 5.80. The van der Waals surface area contributed by atoms with E-state index in [9.17, 15) is 14.7 Å². The third kappa shape index (κ3) is 2.06. The lowest BCUT2D eigenvalue weighted by molar-refractivity contribution is -0.312. The third-order valence-corrected chi connectivity index (χ3v) is 2.60. The molecule has 0 bridgehead atoms. The molecule has 0 N–H and O–H groups in total. The van der Waals surface area contributed by atoms with Crippen molar-refractivity contribution in [3.05, 3.63) is 0 Å². The Hall–Kier alpha value is -0.860. The number of hydrogen-bond donors (Lipinski definition) is 0. The van der Waals surface area contributed by atoms with Gasteiger partial charge in [-0.05, 0) is 24.7 Å². The van der Waals surface area contributed by atoms with Crippen LogP contribution in [0, 0.1) is 11.8 Å². The van der Waals surface area contributed by atoms with Gasteiger partial charge < -0.3 is 9.90 Å². The molecule has 1 aliphatic rings. The Labute approximate surface area is 71.8 Å². The second kappa shape index (κ2) is 3.70. The normalized spacial score (nSPS) is 26.8. The minimum Gasteiger partial charge on any atom is -0.550 e. The predicted molar refractivity (Wildman–Crippen MR) is 41.1 cm³/mol. The summed E-state index contributed by atoms with van der Waals surface area (Å²) < 4.78 is 0. The number of aliphatic carboxylic acids is 1. The lowest BCUT2D eigenvalue weighted by atomic mass is 9.80. The number of carboxylic acid groups (broad SMARTS) is 1. The second-order valence-electron chi connectivity index (χ2n) is 3.50. The van der Waals surface area contributed by atoms with Crippen LogP contribution >= 0.6 is 0 Å². The van der Waals surface area contributed by atoms with Crippen molar-refractivity contribution in [3.63, 3.8) is 0 Å². The van der Waals surface area contributed by atoms with Crippen molar-refractivity contribution in [3.8, 4) is 0 Å². The molecule has 1 fully saturated rings. The molecule has 0 aromatic heterocycles. The van der Waals surface area contributed by atoms with Crippen LogP contribution in [0.3, 0.4) is 0 Å². The van der Waals surface area contributed by atoms with E-state index in [0.717, 1.165) is 12.8 Å². The Morgan fingerprint density at radius 1 is 1.67 bits per heavy atom. The van der Waals surface area contributed by atoms with E-state index in [-0.39, 0.29) is 11.7 Å². The zero-order valence-electron chi connectivity index (χ0n) is 7.21. The standard InChI is InChI=1S/C9H14O3/c1-6(9(11)12)7-3-2-4-8(10)5-7/h6-7H,2-5H2,1H3,(H,11,12)/p-1. The van der Waals surface area contributed by atoms with E-state index in [1.165, 1.54) is 0 Å². The van der Waals surface area contributed by atoms with Crippen molar-refractivity contribution in [1.82, 2.24) is 0 Å². The number of Topliss-reactive ketones (excluding diaryl/α,β-unsaturated/α-hetero) is 1. The molecule has 1 aliphatic carbocycles. The van der Waals surface area contributed by atoms with Gasteiger partial charge in [0.25, 0.3) is 0 Å². The van der Waals surface area contributed by atoms with Gasteiger partial charge in [0.2, 0.25) is 0 Å². The summed E-state index contributed by atoms with van der Waals surface area (Å²) in [6, 6.07) is 0. The minimum atomic E-state index is -1.03. The Bertz CT molecular complexity index is 196. The van der Waals surface area contributed by atoms with Crippen LogP contribution in [0.5, 0.6) is 0 Å². The van der Waals surface area contributed by atoms with Crippen LogP contribution in [0.15, 0.2) is 0 Å². The van der Waals surface area contributed by atoms with Crippen molar-refractivity contribution < 1.29 is 14.7 Å². The zero-order valence-corrected chi connectivity index (χ0v) is 7.21. The Kier molecular flexibility index (Phi) is 2.84. The lowest BCUT2D eigenvalue weighted by Gasteiger charge is -2.27. The zero-order chi connectivity index (χ0) is 9.14. The molecule has 1 rings (SSSR count). The first-order chi connectivity index (χ1) is 5.61. The number of carboxylic acids is 1. The molecule has 0 heterocycles. The molecular weight excluding hydrogens is 156 g/mol. The smallest absolute Gasteiger partial charge is 0.133 e. The SMILES string of the molecule is CC(C(=O)[O-])C1CCCC(=O)C1. The molecule has 0 aliphatic heterocycles. The van der Waals surface area contributed by atoms with Crippen LogP contribution in [-0.4, -0.2) is 11.8 Å². The van der Waals surface area contributed by atoms with Gasteiger partial charge in [0.05, 0.1) is 0 Å². The molecule has 0 aromatic carbocycles. The summed E-state index contributed by atoms with van der Waals surface area (Å²) >= 11 is 0. The first-order valence-electron chi connectivity index (χ1n) is 4.34. The molecule has 0 spiro atoms. The first-order valence-corrected chi connectivity index (χ1v) is 4.34. The average Bonchev–Trinajstić information content (AvgIpc) is 2.03. The second-order valence-corrected chi connectivity index (χ2v) is 3.50. The number of rotatable bonds is 2. The van der Waals surface area contributed by atoms with E-state index in [0.29, 0.717) is 12.8 Å². The van der Waals surface area contributed by atoms with E-state index in [1.807, 2.05) is 0 Å². The van der Waals surface area contributed by atoms with Gasteiger partial charge in [-0.3, -0.25) is 4.79 Å². The van der Waals surface area contributed by atoms with Gasteiger partial charge in [-0.2, -0.15) is 0 Å². The molecule has 2 atom stereocenters. The van der Waals surface area contributed by atoms with Crippen LogP contribution < -0.4 is 5.11 Å². The molecule has 0 saturated heterocycles. The average molecular weight is 169 g/mol. The van der Waals surface area contributed by atoms with Crippen LogP contribution in [0.25, 0.3) is 0 Å². The molecule has 1 saturated carbocycles.